The lowest BCUT2D eigenvalue weighted by Crippen LogP contribution is -2.06. The average molecular weight is 391 g/mol. The van der Waals surface area contributed by atoms with Gasteiger partial charge in [0, 0.05) is 6.20 Å². The van der Waals surface area contributed by atoms with Crippen LogP contribution in [-0.4, -0.2) is 9.38 Å². The maximum atomic E-state index is 12.4. The van der Waals surface area contributed by atoms with Gasteiger partial charge in [-0.3, -0.25) is 4.40 Å². The highest BCUT2D eigenvalue weighted by Crippen LogP contribution is 2.30. The molecule has 2 aromatic rings. The van der Waals surface area contributed by atoms with Gasteiger partial charge in [-0.05, 0) is 50.7 Å². The third-order valence-corrected chi connectivity index (χ3v) is 4.17. The van der Waals surface area contributed by atoms with Crippen LogP contribution in [-0.2, 0) is 6.18 Å². The van der Waals surface area contributed by atoms with Gasteiger partial charge in [0.25, 0.3) is 0 Å². The van der Waals surface area contributed by atoms with Gasteiger partial charge in [0.15, 0.2) is 0 Å². The fourth-order valence-electron chi connectivity index (χ4n) is 1.16. The van der Waals surface area contributed by atoms with Crippen molar-refractivity contribution in [1.29, 1.82) is 0 Å². The van der Waals surface area contributed by atoms with E-state index < -0.39 is 11.7 Å². The first-order valence-corrected chi connectivity index (χ1v) is 5.67. The Labute approximate surface area is 105 Å². The summed E-state index contributed by atoms with van der Waals surface area (Å²) in [7, 11) is 0. The minimum Gasteiger partial charge on any atom is -0.293 e. The van der Waals surface area contributed by atoms with Gasteiger partial charge in [0.05, 0.1) is 5.56 Å². The molecule has 0 unspecified atom stereocenters. The molecule has 15 heavy (non-hydrogen) atoms. The summed E-state index contributed by atoms with van der Waals surface area (Å²) in [5.41, 5.74) is -0.197. The molecule has 2 aromatic heterocycles. The molecular weight excluding hydrogens is 388 g/mol. The molecule has 0 aliphatic carbocycles. The summed E-state index contributed by atoms with van der Waals surface area (Å²) in [6, 6.07) is 2.36. The predicted octanol–water partition coefficient (Wildman–Crippen LogP) is 3.72. The molecule has 0 N–H and O–H groups in total. The third-order valence-electron chi connectivity index (χ3n) is 1.85. The molecule has 0 spiro atoms. The minimum atomic E-state index is -4.33. The van der Waals surface area contributed by atoms with E-state index in [1.807, 2.05) is 22.6 Å². The third kappa shape index (κ3) is 1.99. The summed E-state index contributed by atoms with van der Waals surface area (Å²) >= 11 is 5.09. The fourth-order valence-corrected chi connectivity index (χ4v) is 2.03. The fraction of sp³-hybridized carbons (Fsp3) is 0.125. The Balaban J connectivity index is 2.70. The van der Waals surface area contributed by atoms with Gasteiger partial charge in [-0.1, -0.05) is 0 Å². The summed E-state index contributed by atoms with van der Waals surface area (Å²) in [5, 5.41) is 0. The first-order chi connectivity index (χ1) is 6.89. The van der Waals surface area contributed by atoms with E-state index in [4.69, 9.17) is 0 Å². The van der Waals surface area contributed by atoms with Crippen LogP contribution in [0.2, 0.25) is 0 Å². The maximum absolute atomic E-state index is 12.4. The second-order valence-electron chi connectivity index (χ2n) is 2.84. The molecule has 0 radical (unpaired) electrons. The summed E-state index contributed by atoms with van der Waals surface area (Å²) < 4.78 is 39.8. The van der Waals surface area contributed by atoms with E-state index in [-0.39, 0.29) is 0 Å². The van der Waals surface area contributed by atoms with Crippen molar-refractivity contribution in [3.05, 3.63) is 32.2 Å². The first kappa shape index (κ1) is 11.2. The Hall–Kier alpha value is -0.310. The van der Waals surface area contributed by atoms with Gasteiger partial charge in [-0.2, -0.15) is 13.2 Å². The number of halogens is 5. The smallest absolute Gasteiger partial charge is 0.293 e. The number of fused-ring (bicyclic) bond motifs is 1. The van der Waals surface area contributed by atoms with Crippen LogP contribution in [0.3, 0.4) is 0 Å². The molecule has 0 bridgehead atoms. The van der Waals surface area contributed by atoms with E-state index in [2.05, 4.69) is 20.9 Å². The van der Waals surface area contributed by atoms with Crippen LogP contribution >= 0.6 is 38.5 Å². The molecule has 2 rings (SSSR count). The van der Waals surface area contributed by atoms with Gasteiger partial charge in [-0.15, -0.1) is 0 Å². The summed E-state index contributed by atoms with van der Waals surface area (Å²) in [6.45, 7) is 0. The molecule has 0 amide bonds. The predicted molar refractivity (Wildman–Crippen MR) is 60.6 cm³/mol. The van der Waals surface area contributed by atoms with Gasteiger partial charge in [0.1, 0.15) is 14.0 Å². The SMILES string of the molecule is FC(F)(F)c1ccc2nc(Br)c(I)n2c1. The zero-order chi connectivity index (χ0) is 11.2. The van der Waals surface area contributed by atoms with E-state index in [1.165, 1.54) is 10.5 Å². The van der Waals surface area contributed by atoms with E-state index in [1.54, 1.807) is 0 Å². The van der Waals surface area contributed by atoms with Crippen molar-refractivity contribution in [3.63, 3.8) is 0 Å². The normalized spacial score (nSPS) is 12.3. The van der Waals surface area contributed by atoms with Crippen LogP contribution < -0.4 is 0 Å². The lowest BCUT2D eigenvalue weighted by molar-refractivity contribution is -0.137. The van der Waals surface area contributed by atoms with E-state index in [0.29, 0.717) is 14.0 Å². The molecule has 0 saturated heterocycles. The summed E-state index contributed by atoms with van der Waals surface area (Å²) in [4.78, 5) is 4.04. The number of rotatable bonds is 0. The van der Waals surface area contributed by atoms with Crippen LogP contribution in [0.25, 0.3) is 5.65 Å². The van der Waals surface area contributed by atoms with Crippen molar-refractivity contribution in [2.24, 2.45) is 0 Å². The monoisotopic (exact) mass is 390 g/mol. The Morgan fingerprint density at radius 2 is 2.00 bits per heavy atom. The number of aromatic nitrogens is 2. The maximum Gasteiger partial charge on any atom is 0.417 e. The van der Waals surface area contributed by atoms with Crippen molar-refractivity contribution >= 4 is 44.2 Å². The number of imidazole rings is 1. The summed E-state index contributed by atoms with van der Waals surface area (Å²) in [5.74, 6) is 0. The van der Waals surface area contributed by atoms with Crippen LogP contribution in [0, 0.1) is 3.70 Å². The largest absolute Gasteiger partial charge is 0.417 e. The summed E-state index contributed by atoms with van der Waals surface area (Å²) in [6.07, 6.45) is -3.29. The molecule has 0 fully saturated rings. The standard InChI is InChI=1S/C8H3BrF3IN2/c9-6-7(13)15-3-4(8(10,11)12)1-2-5(15)14-6/h1-3H. The van der Waals surface area contributed by atoms with Gasteiger partial charge >= 0.3 is 6.18 Å². The molecule has 80 valence electrons. The van der Waals surface area contributed by atoms with Crippen molar-refractivity contribution in [2.75, 3.05) is 0 Å². The van der Waals surface area contributed by atoms with Crippen LogP contribution in [0.5, 0.6) is 0 Å². The number of hydrogen-bond acceptors (Lipinski definition) is 1. The van der Waals surface area contributed by atoms with Crippen molar-refractivity contribution < 1.29 is 13.2 Å². The average Bonchev–Trinajstić information content (AvgIpc) is 2.41. The second kappa shape index (κ2) is 3.62. The van der Waals surface area contributed by atoms with E-state index in [9.17, 15) is 13.2 Å². The highest BCUT2D eigenvalue weighted by atomic mass is 127. The number of alkyl halides is 3. The molecule has 0 aliphatic rings. The molecule has 0 atom stereocenters. The highest BCUT2D eigenvalue weighted by Gasteiger charge is 2.31. The molecule has 2 nitrogen and oxygen atoms in total. The van der Waals surface area contributed by atoms with Gasteiger partial charge < -0.3 is 0 Å². The highest BCUT2D eigenvalue weighted by molar-refractivity contribution is 14.1. The molecular formula is C8H3BrF3IN2. The van der Waals surface area contributed by atoms with Crippen LogP contribution in [0.15, 0.2) is 22.9 Å². The molecule has 0 saturated carbocycles. The Morgan fingerprint density at radius 1 is 1.33 bits per heavy atom. The molecule has 0 aliphatic heterocycles. The van der Waals surface area contributed by atoms with Crippen molar-refractivity contribution in [1.82, 2.24) is 9.38 Å². The zero-order valence-electron chi connectivity index (χ0n) is 7.02. The first-order valence-electron chi connectivity index (χ1n) is 3.80. The number of nitrogens with zero attached hydrogens (tertiary/aromatic N) is 2. The second-order valence-corrected chi connectivity index (χ2v) is 4.61. The molecule has 0 aromatic carbocycles. The molecule has 2 heterocycles. The molecule has 7 heteroatoms. The van der Waals surface area contributed by atoms with Crippen molar-refractivity contribution in [3.8, 4) is 0 Å². The Bertz CT molecular complexity index is 520. The van der Waals surface area contributed by atoms with Gasteiger partial charge in [0.2, 0.25) is 0 Å². The minimum absolute atomic E-state index is 0.485. The van der Waals surface area contributed by atoms with Crippen molar-refractivity contribution in [2.45, 2.75) is 6.18 Å². The number of pyridine rings is 1. The Morgan fingerprint density at radius 3 is 2.60 bits per heavy atom. The van der Waals surface area contributed by atoms with E-state index in [0.717, 1.165) is 12.3 Å². The van der Waals surface area contributed by atoms with Crippen LogP contribution in [0.1, 0.15) is 5.56 Å². The topological polar surface area (TPSA) is 17.3 Å². The lowest BCUT2D eigenvalue weighted by Gasteiger charge is -2.06. The van der Waals surface area contributed by atoms with Crippen LogP contribution in [0.4, 0.5) is 13.2 Å². The zero-order valence-corrected chi connectivity index (χ0v) is 10.8. The van der Waals surface area contributed by atoms with Gasteiger partial charge in [-0.25, -0.2) is 4.98 Å². The lowest BCUT2D eigenvalue weighted by atomic mass is 10.3. The Kier molecular flexibility index (Phi) is 2.70. The quantitative estimate of drug-likeness (QED) is 0.627. The number of hydrogen-bond donors (Lipinski definition) is 0. The van der Waals surface area contributed by atoms with E-state index >= 15 is 0 Å².